The van der Waals surface area contributed by atoms with E-state index in [0.717, 1.165) is 0 Å². The van der Waals surface area contributed by atoms with Crippen molar-refractivity contribution in [3.63, 3.8) is 0 Å². The highest BCUT2D eigenvalue weighted by Gasteiger charge is 2.26. The molecule has 1 aromatic carbocycles. The SMILES string of the molecule is Cc1cc(NC2CCC(=O)NC2=O)c(N)cc1F. The lowest BCUT2D eigenvalue weighted by Crippen LogP contribution is -2.47. The number of carbonyl (C=O) groups is 2. The second-order valence-corrected chi connectivity index (χ2v) is 4.34. The number of rotatable bonds is 2. The van der Waals surface area contributed by atoms with Crippen LogP contribution in [0.5, 0.6) is 0 Å². The predicted molar refractivity (Wildman–Crippen MR) is 65.3 cm³/mol. The molecule has 6 heteroatoms. The molecule has 1 aromatic rings. The van der Waals surface area contributed by atoms with E-state index in [-0.39, 0.29) is 29.7 Å². The highest BCUT2D eigenvalue weighted by atomic mass is 19.1. The van der Waals surface area contributed by atoms with Crippen LogP contribution in [-0.4, -0.2) is 17.9 Å². The van der Waals surface area contributed by atoms with E-state index < -0.39 is 6.04 Å². The van der Waals surface area contributed by atoms with E-state index in [1.54, 1.807) is 13.0 Å². The number of nitrogens with one attached hydrogen (secondary N) is 2. The molecular formula is C12H14FN3O2. The highest BCUT2D eigenvalue weighted by molar-refractivity contribution is 6.01. The maximum atomic E-state index is 13.2. The summed E-state index contributed by atoms with van der Waals surface area (Å²) in [5, 5.41) is 5.17. The number of nitrogens with two attached hydrogens (primary N) is 1. The Labute approximate surface area is 104 Å². The van der Waals surface area contributed by atoms with Crippen molar-refractivity contribution in [1.29, 1.82) is 0 Å². The normalized spacial score (nSPS) is 19.6. The number of carbonyl (C=O) groups excluding carboxylic acids is 2. The Morgan fingerprint density at radius 2 is 2.17 bits per heavy atom. The molecule has 1 atom stereocenters. The van der Waals surface area contributed by atoms with Crippen molar-refractivity contribution in [2.24, 2.45) is 0 Å². The Balaban J connectivity index is 2.17. The molecule has 18 heavy (non-hydrogen) atoms. The van der Waals surface area contributed by atoms with Crippen LogP contribution in [0.2, 0.25) is 0 Å². The molecule has 0 aromatic heterocycles. The number of amides is 2. The first kappa shape index (κ1) is 12.3. The van der Waals surface area contributed by atoms with Gasteiger partial charge in [-0.3, -0.25) is 14.9 Å². The van der Waals surface area contributed by atoms with Gasteiger partial charge in [-0.2, -0.15) is 0 Å². The molecule has 96 valence electrons. The molecule has 4 N–H and O–H groups in total. The molecule has 2 amide bonds. The fourth-order valence-electron chi connectivity index (χ4n) is 1.84. The Morgan fingerprint density at radius 1 is 1.44 bits per heavy atom. The molecule has 0 aliphatic carbocycles. The van der Waals surface area contributed by atoms with Gasteiger partial charge < -0.3 is 11.1 Å². The summed E-state index contributed by atoms with van der Waals surface area (Å²) in [7, 11) is 0. The zero-order valence-electron chi connectivity index (χ0n) is 9.92. The maximum absolute atomic E-state index is 13.2. The van der Waals surface area contributed by atoms with Crippen LogP contribution >= 0.6 is 0 Å². The van der Waals surface area contributed by atoms with E-state index in [9.17, 15) is 14.0 Å². The molecule has 1 heterocycles. The largest absolute Gasteiger partial charge is 0.397 e. The van der Waals surface area contributed by atoms with Crippen molar-refractivity contribution >= 4 is 23.2 Å². The first-order chi connectivity index (χ1) is 8.47. The molecule has 2 rings (SSSR count). The number of hydrogen-bond acceptors (Lipinski definition) is 4. The van der Waals surface area contributed by atoms with Crippen LogP contribution in [0.1, 0.15) is 18.4 Å². The van der Waals surface area contributed by atoms with E-state index in [0.29, 0.717) is 17.7 Å². The summed E-state index contributed by atoms with van der Waals surface area (Å²) in [6.07, 6.45) is 0.685. The van der Waals surface area contributed by atoms with Crippen LogP contribution in [-0.2, 0) is 9.59 Å². The summed E-state index contributed by atoms with van der Waals surface area (Å²) >= 11 is 0. The predicted octanol–water partition coefficient (Wildman–Crippen LogP) is 0.933. The van der Waals surface area contributed by atoms with Crippen LogP contribution in [0.25, 0.3) is 0 Å². The Bertz CT molecular complexity index is 516. The first-order valence-electron chi connectivity index (χ1n) is 5.63. The zero-order chi connectivity index (χ0) is 13.3. The average molecular weight is 251 g/mol. The molecule has 1 aliphatic rings. The molecule has 0 spiro atoms. The minimum absolute atomic E-state index is 0.239. The Morgan fingerprint density at radius 3 is 2.83 bits per heavy atom. The van der Waals surface area contributed by atoms with Gasteiger partial charge in [0.15, 0.2) is 0 Å². The fourth-order valence-corrected chi connectivity index (χ4v) is 1.84. The van der Waals surface area contributed by atoms with Crippen molar-refractivity contribution in [2.75, 3.05) is 11.1 Å². The summed E-state index contributed by atoms with van der Waals surface area (Å²) in [6, 6.07) is 2.24. The quantitative estimate of drug-likeness (QED) is 0.539. The molecule has 1 unspecified atom stereocenters. The monoisotopic (exact) mass is 251 g/mol. The second-order valence-electron chi connectivity index (χ2n) is 4.34. The van der Waals surface area contributed by atoms with Gasteiger partial charge in [0.05, 0.1) is 11.4 Å². The van der Waals surface area contributed by atoms with E-state index in [1.165, 1.54) is 6.07 Å². The van der Waals surface area contributed by atoms with Gasteiger partial charge in [0, 0.05) is 6.42 Å². The highest BCUT2D eigenvalue weighted by Crippen LogP contribution is 2.24. The number of benzene rings is 1. The maximum Gasteiger partial charge on any atom is 0.249 e. The molecule has 5 nitrogen and oxygen atoms in total. The fraction of sp³-hybridized carbons (Fsp3) is 0.333. The average Bonchev–Trinajstić information content (AvgIpc) is 2.29. The molecule has 1 saturated heterocycles. The minimum atomic E-state index is -0.519. The minimum Gasteiger partial charge on any atom is -0.397 e. The third-order valence-corrected chi connectivity index (χ3v) is 2.90. The number of piperidine rings is 1. The molecular weight excluding hydrogens is 237 g/mol. The summed E-state index contributed by atoms with van der Waals surface area (Å²) in [4.78, 5) is 22.6. The van der Waals surface area contributed by atoms with E-state index in [1.807, 2.05) is 0 Å². The van der Waals surface area contributed by atoms with Crippen LogP contribution in [0, 0.1) is 12.7 Å². The van der Waals surface area contributed by atoms with Crippen molar-refractivity contribution in [3.05, 3.63) is 23.5 Å². The summed E-state index contributed by atoms with van der Waals surface area (Å²) in [5.74, 6) is -1.05. The Hall–Kier alpha value is -2.11. The van der Waals surface area contributed by atoms with Gasteiger partial charge in [0.25, 0.3) is 0 Å². The van der Waals surface area contributed by atoms with Gasteiger partial charge in [-0.1, -0.05) is 0 Å². The van der Waals surface area contributed by atoms with Crippen molar-refractivity contribution in [1.82, 2.24) is 5.32 Å². The van der Waals surface area contributed by atoms with Gasteiger partial charge in [-0.25, -0.2) is 4.39 Å². The summed E-state index contributed by atoms with van der Waals surface area (Å²) < 4.78 is 13.2. The molecule has 1 aliphatic heterocycles. The van der Waals surface area contributed by atoms with Crippen LogP contribution in [0.15, 0.2) is 12.1 Å². The number of hydrogen-bond donors (Lipinski definition) is 3. The van der Waals surface area contributed by atoms with Gasteiger partial charge in [-0.05, 0) is 31.0 Å². The van der Waals surface area contributed by atoms with Gasteiger partial charge in [0.2, 0.25) is 11.8 Å². The number of anilines is 2. The van der Waals surface area contributed by atoms with Gasteiger partial charge >= 0.3 is 0 Å². The molecule has 1 fully saturated rings. The van der Waals surface area contributed by atoms with Crippen LogP contribution in [0.3, 0.4) is 0 Å². The standard InChI is InChI=1S/C12H14FN3O2/c1-6-4-10(8(14)5-7(6)13)15-9-2-3-11(17)16-12(9)18/h4-5,9,15H,2-3,14H2,1H3,(H,16,17,18). The number of nitrogen functional groups attached to an aromatic ring is 1. The van der Waals surface area contributed by atoms with Crippen LogP contribution < -0.4 is 16.4 Å². The van der Waals surface area contributed by atoms with Crippen molar-refractivity contribution < 1.29 is 14.0 Å². The number of halogens is 1. The smallest absolute Gasteiger partial charge is 0.249 e. The van der Waals surface area contributed by atoms with E-state index in [4.69, 9.17) is 5.73 Å². The molecule has 0 bridgehead atoms. The second kappa shape index (κ2) is 4.64. The number of imide groups is 1. The summed E-state index contributed by atoms with van der Waals surface area (Å²) in [6.45, 7) is 1.62. The lowest BCUT2D eigenvalue weighted by atomic mass is 10.1. The van der Waals surface area contributed by atoms with Crippen molar-refractivity contribution in [2.45, 2.75) is 25.8 Å². The topological polar surface area (TPSA) is 84.2 Å². The zero-order valence-corrected chi connectivity index (χ0v) is 9.92. The third-order valence-electron chi connectivity index (χ3n) is 2.90. The van der Waals surface area contributed by atoms with E-state index in [2.05, 4.69) is 10.6 Å². The molecule has 0 saturated carbocycles. The lowest BCUT2D eigenvalue weighted by Gasteiger charge is -2.23. The number of aryl methyl sites for hydroxylation is 1. The summed E-state index contributed by atoms with van der Waals surface area (Å²) in [5.41, 5.74) is 6.86. The van der Waals surface area contributed by atoms with E-state index >= 15 is 0 Å². The van der Waals surface area contributed by atoms with Gasteiger partial charge in [0.1, 0.15) is 11.9 Å². The van der Waals surface area contributed by atoms with Gasteiger partial charge in [-0.15, -0.1) is 0 Å². The van der Waals surface area contributed by atoms with Crippen molar-refractivity contribution in [3.8, 4) is 0 Å². The van der Waals surface area contributed by atoms with Crippen LogP contribution in [0.4, 0.5) is 15.8 Å². The lowest BCUT2D eigenvalue weighted by molar-refractivity contribution is -0.133. The first-order valence-corrected chi connectivity index (χ1v) is 5.63. The Kier molecular flexibility index (Phi) is 3.18. The third kappa shape index (κ3) is 2.42. The molecule has 0 radical (unpaired) electrons.